The summed E-state index contributed by atoms with van der Waals surface area (Å²) >= 11 is 0. The van der Waals surface area contributed by atoms with E-state index in [9.17, 15) is 8.42 Å². The van der Waals surface area contributed by atoms with Gasteiger partial charge in [-0.15, -0.1) is 0 Å². The zero-order chi connectivity index (χ0) is 11.6. The van der Waals surface area contributed by atoms with Crippen LogP contribution in [0.5, 0.6) is 0 Å². The first-order valence-corrected chi connectivity index (χ1v) is 6.90. The maximum Gasteiger partial charge on any atom is 0.236 e. The summed E-state index contributed by atoms with van der Waals surface area (Å²) in [7, 11) is -3.16. The van der Waals surface area contributed by atoms with E-state index in [2.05, 4.69) is 4.98 Å². The molecule has 1 aromatic rings. The van der Waals surface area contributed by atoms with Crippen LogP contribution in [-0.2, 0) is 16.6 Å². The maximum absolute atomic E-state index is 11.8. The molecule has 88 valence electrons. The molecule has 0 bridgehead atoms. The number of sulfonamides is 1. The number of pyridine rings is 1. The van der Waals surface area contributed by atoms with E-state index >= 15 is 0 Å². The third-order valence-corrected chi connectivity index (χ3v) is 4.50. The summed E-state index contributed by atoms with van der Waals surface area (Å²) in [5.41, 5.74) is 6.36. The Hall–Kier alpha value is -1.14. The van der Waals surface area contributed by atoms with Gasteiger partial charge in [0.05, 0.1) is 5.75 Å². The van der Waals surface area contributed by atoms with Gasteiger partial charge in [0, 0.05) is 19.3 Å². The van der Waals surface area contributed by atoms with Gasteiger partial charge in [-0.3, -0.25) is 4.31 Å². The Bertz CT molecular complexity index is 455. The molecule has 1 saturated heterocycles. The van der Waals surface area contributed by atoms with E-state index in [1.54, 1.807) is 12.3 Å². The lowest BCUT2D eigenvalue weighted by Gasteiger charge is -2.27. The Morgan fingerprint density at radius 2 is 2.19 bits per heavy atom. The van der Waals surface area contributed by atoms with Crippen molar-refractivity contribution < 1.29 is 8.42 Å². The maximum atomic E-state index is 11.8. The van der Waals surface area contributed by atoms with Crippen molar-refractivity contribution in [2.75, 3.05) is 16.6 Å². The van der Waals surface area contributed by atoms with Crippen LogP contribution >= 0.6 is 0 Å². The first-order valence-electron chi connectivity index (χ1n) is 5.29. The normalized spacial score (nSPS) is 19.7. The molecule has 1 aromatic heterocycles. The molecule has 2 rings (SSSR count). The zero-order valence-electron chi connectivity index (χ0n) is 8.96. The van der Waals surface area contributed by atoms with Crippen LogP contribution in [0, 0.1) is 0 Å². The quantitative estimate of drug-likeness (QED) is 0.816. The van der Waals surface area contributed by atoms with Crippen molar-refractivity contribution in [2.45, 2.75) is 19.4 Å². The van der Waals surface area contributed by atoms with Crippen molar-refractivity contribution >= 4 is 15.8 Å². The average Bonchev–Trinajstić information content (AvgIpc) is 2.29. The monoisotopic (exact) mass is 241 g/mol. The Balaban J connectivity index is 2.28. The summed E-state index contributed by atoms with van der Waals surface area (Å²) in [6.45, 7) is 0.942. The minimum atomic E-state index is -3.16. The minimum absolute atomic E-state index is 0.216. The van der Waals surface area contributed by atoms with Crippen molar-refractivity contribution in [3.63, 3.8) is 0 Å². The summed E-state index contributed by atoms with van der Waals surface area (Å²) in [6.07, 6.45) is 3.25. The SMILES string of the molecule is NCc1ccc(N2CCCCS2(=O)=O)nc1. The van der Waals surface area contributed by atoms with Crippen LogP contribution < -0.4 is 10.0 Å². The first kappa shape index (κ1) is 11.3. The molecule has 2 N–H and O–H groups in total. The smallest absolute Gasteiger partial charge is 0.236 e. The van der Waals surface area contributed by atoms with Gasteiger partial charge in [-0.2, -0.15) is 0 Å². The number of aromatic nitrogens is 1. The molecule has 6 heteroatoms. The van der Waals surface area contributed by atoms with Crippen LogP contribution in [0.25, 0.3) is 0 Å². The molecular weight excluding hydrogens is 226 g/mol. The molecule has 16 heavy (non-hydrogen) atoms. The van der Waals surface area contributed by atoms with Crippen LogP contribution in [0.4, 0.5) is 5.82 Å². The van der Waals surface area contributed by atoms with E-state index in [1.165, 1.54) is 4.31 Å². The highest BCUT2D eigenvalue weighted by Crippen LogP contribution is 2.21. The fourth-order valence-corrected chi connectivity index (χ4v) is 3.32. The molecule has 1 aliphatic rings. The molecule has 0 saturated carbocycles. The third kappa shape index (κ3) is 2.17. The largest absolute Gasteiger partial charge is 0.326 e. The molecular formula is C10H15N3O2S. The van der Waals surface area contributed by atoms with Crippen molar-refractivity contribution in [3.8, 4) is 0 Å². The molecule has 0 aromatic carbocycles. The summed E-state index contributed by atoms with van der Waals surface area (Å²) in [5.74, 6) is 0.713. The Morgan fingerprint density at radius 3 is 2.75 bits per heavy atom. The van der Waals surface area contributed by atoms with Gasteiger partial charge in [0.2, 0.25) is 10.0 Å². The van der Waals surface area contributed by atoms with Gasteiger partial charge in [-0.1, -0.05) is 6.07 Å². The number of nitrogens with zero attached hydrogens (tertiary/aromatic N) is 2. The van der Waals surface area contributed by atoms with Gasteiger partial charge in [-0.05, 0) is 24.5 Å². The van der Waals surface area contributed by atoms with Crippen LogP contribution in [0.1, 0.15) is 18.4 Å². The van der Waals surface area contributed by atoms with E-state index in [0.29, 0.717) is 18.9 Å². The molecule has 5 nitrogen and oxygen atoms in total. The lowest BCUT2D eigenvalue weighted by Crippen LogP contribution is -2.38. The minimum Gasteiger partial charge on any atom is -0.326 e. The predicted molar refractivity (Wildman–Crippen MR) is 62.5 cm³/mol. The molecule has 0 aliphatic carbocycles. The highest BCUT2D eigenvalue weighted by molar-refractivity contribution is 7.92. The Kier molecular flexibility index (Phi) is 3.11. The fourth-order valence-electron chi connectivity index (χ4n) is 1.73. The lowest BCUT2D eigenvalue weighted by molar-refractivity contribution is 0.573. The Morgan fingerprint density at radius 1 is 1.38 bits per heavy atom. The van der Waals surface area contributed by atoms with Crippen LogP contribution in [-0.4, -0.2) is 25.7 Å². The number of hydrogen-bond donors (Lipinski definition) is 1. The molecule has 0 spiro atoms. The van der Waals surface area contributed by atoms with E-state index in [4.69, 9.17) is 5.73 Å². The first-order chi connectivity index (χ1) is 7.63. The molecule has 0 unspecified atom stereocenters. The Labute approximate surface area is 95.3 Å². The van der Waals surface area contributed by atoms with E-state index in [1.807, 2.05) is 6.07 Å². The fraction of sp³-hybridized carbons (Fsp3) is 0.500. The van der Waals surface area contributed by atoms with Gasteiger partial charge < -0.3 is 5.73 Å². The van der Waals surface area contributed by atoms with Gasteiger partial charge in [0.1, 0.15) is 5.82 Å². The molecule has 0 atom stereocenters. The van der Waals surface area contributed by atoms with Gasteiger partial charge in [0.25, 0.3) is 0 Å². The second kappa shape index (κ2) is 4.39. The second-order valence-corrected chi connectivity index (χ2v) is 5.84. The van der Waals surface area contributed by atoms with Crippen LogP contribution in [0.2, 0.25) is 0 Å². The third-order valence-electron chi connectivity index (χ3n) is 2.65. The lowest BCUT2D eigenvalue weighted by atomic mass is 10.3. The molecule has 0 radical (unpaired) electrons. The highest BCUT2D eigenvalue weighted by atomic mass is 32.2. The number of nitrogens with two attached hydrogens (primary N) is 1. The van der Waals surface area contributed by atoms with E-state index < -0.39 is 10.0 Å². The predicted octanol–water partition coefficient (Wildman–Crippen LogP) is 0.470. The van der Waals surface area contributed by atoms with Crippen molar-refractivity contribution in [3.05, 3.63) is 23.9 Å². The second-order valence-electron chi connectivity index (χ2n) is 3.82. The molecule has 2 heterocycles. The molecule has 1 aliphatic heterocycles. The van der Waals surface area contributed by atoms with Gasteiger partial charge in [0.15, 0.2) is 0 Å². The van der Waals surface area contributed by atoms with Crippen molar-refractivity contribution in [1.29, 1.82) is 0 Å². The standard InChI is InChI=1S/C10H15N3O2S/c11-7-9-3-4-10(12-8-9)13-5-1-2-6-16(13,14)15/h3-4,8H,1-2,5-7,11H2. The molecule has 0 amide bonds. The average molecular weight is 241 g/mol. The van der Waals surface area contributed by atoms with Crippen molar-refractivity contribution in [2.24, 2.45) is 5.73 Å². The topological polar surface area (TPSA) is 76.3 Å². The summed E-state index contributed by atoms with van der Waals surface area (Å²) in [5, 5.41) is 0. The van der Waals surface area contributed by atoms with Crippen molar-refractivity contribution in [1.82, 2.24) is 4.98 Å². The highest BCUT2D eigenvalue weighted by Gasteiger charge is 2.26. The molecule has 1 fully saturated rings. The van der Waals surface area contributed by atoms with E-state index in [0.717, 1.165) is 18.4 Å². The van der Waals surface area contributed by atoms with Crippen LogP contribution in [0.3, 0.4) is 0 Å². The summed E-state index contributed by atoms with van der Waals surface area (Å²) < 4.78 is 25.0. The van der Waals surface area contributed by atoms with Crippen LogP contribution in [0.15, 0.2) is 18.3 Å². The number of hydrogen-bond acceptors (Lipinski definition) is 4. The summed E-state index contributed by atoms with van der Waals surface area (Å²) in [4.78, 5) is 4.14. The van der Waals surface area contributed by atoms with Gasteiger partial charge in [-0.25, -0.2) is 13.4 Å². The number of rotatable bonds is 2. The zero-order valence-corrected chi connectivity index (χ0v) is 9.78. The van der Waals surface area contributed by atoms with E-state index in [-0.39, 0.29) is 5.75 Å². The number of anilines is 1. The summed E-state index contributed by atoms with van der Waals surface area (Å²) in [6, 6.07) is 3.53. The van der Waals surface area contributed by atoms with Gasteiger partial charge >= 0.3 is 0 Å².